The van der Waals surface area contributed by atoms with Crippen molar-refractivity contribution in [2.24, 2.45) is 0 Å². The van der Waals surface area contributed by atoms with E-state index in [0.29, 0.717) is 29.3 Å². The topological polar surface area (TPSA) is 105 Å². The molecule has 0 aromatic heterocycles. The van der Waals surface area contributed by atoms with Crippen molar-refractivity contribution in [3.8, 4) is 5.75 Å². The summed E-state index contributed by atoms with van der Waals surface area (Å²) in [6.45, 7) is 5.56. The number of nitrogens with zero attached hydrogens (tertiary/aromatic N) is 1. The Morgan fingerprint density at radius 3 is 2.27 bits per heavy atom. The van der Waals surface area contributed by atoms with Gasteiger partial charge < -0.3 is 15.4 Å². The van der Waals surface area contributed by atoms with Crippen LogP contribution in [0.25, 0.3) is 0 Å². The quantitative estimate of drug-likeness (QED) is 0.633. The molecule has 30 heavy (non-hydrogen) atoms. The van der Waals surface area contributed by atoms with Crippen molar-refractivity contribution in [2.45, 2.75) is 26.8 Å². The van der Waals surface area contributed by atoms with Gasteiger partial charge in [-0.2, -0.15) is 0 Å². The van der Waals surface area contributed by atoms with E-state index >= 15 is 0 Å². The van der Waals surface area contributed by atoms with Crippen LogP contribution in [-0.2, 0) is 14.8 Å². The lowest BCUT2D eigenvalue weighted by atomic mass is 10.1. The molecule has 9 heteroatoms. The van der Waals surface area contributed by atoms with Gasteiger partial charge in [-0.05, 0) is 57.2 Å². The molecule has 0 aliphatic carbocycles. The van der Waals surface area contributed by atoms with E-state index in [0.717, 1.165) is 10.6 Å². The Morgan fingerprint density at radius 2 is 1.70 bits per heavy atom. The summed E-state index contributed by atoms with van der Waals surface area (Å²) in [4.78, 5) is 25.0. The zero-order valence-electron chi connectivity index (χ0n) is 17.5. The summed E-state index contributed by atoms with van der Waals surface area (Å²) in [6.07, 6.45) is 1.03. The van der Waals surface area contributed by atoms with E-state index in [4.69, 9.17) is 4.74 Å². The molecule has 2 rings (SSSR count). The number of ether oxygens (including phenoxy) is 1. The highest BCUT2D eigenvalue weighted by molar-refractivity contribution is 7.92. The van der Waals surface area contributed by atoms with Gasteiger partial charge in [0, 0.05) is 6.04 Å². The fraction of sp³-hybridized carbons (Fsp3) is 0.333. The lowest BCUT2D eigenvalue weighted by molar-refractivity contribution is -0.114. The molecule has 8 nitrogen and oxygen atoms in total. The molecule has 2 amide bonds. The van der Waals surface area contributed by atoms with Crippen LogP contribution in [0.15, 0.2) is 48.5 Å². The van der Waals surface area contributed by atoms with Gasteiger partial charge in [-0.25, -0.2) is 8.42 Å². The first-order valence-electron chi connectivity index (χ1n) is 9.52. The highest BCUT2D eigenvalue weighted by Crippen LogP contribution is 2.22. The summed E-state index contributed by atoms with van der Waals surface area (Å²) in [6, 6.07) is 12.9. The Morgan fingerprint density at radius 1 is 1.07 bits per heavy atom. The summed E-state index contributed by atoms with van der Waals surface area (Å²) in [5.74, 6) is -0.296. The number of anilines is 2. The van der Waals surface area contributed by atoms with Gasteiger partial charge in [-0.1, -0.05) is 12.1 Å². The predicted molar refractivity (Wildman–Crippen MR) is 117 cm³/mol. The Bertz CT molecular complexity index is 988. The number of hydrogen-bond acceptors (Lipinski definition) is 5. The van der Waals surface area contributed by atoms with Crippen molar-refractivity contribution in [3.05, 3.63) is 54.1 Å². The molecule has 0 aliphatic heterocycles. The highest BCUT2D eigenvalue weighted by Gasteiger charge is 2.22. The number of carbonyl (C=O) groups excluding carboxylic acids is 2. The maximum atomic E-state index is 12.6. The fourth-order valence-corrected chi connectivity index (χ4v) is 3.58. The second-order valence-corrected chi connectivity index (χ2v) is 8.83. The summed E-state index contributed by atoms with van der Waals surface area (Å²) in [5.41, 5.74) is 0.939. The first kappa shape index (κ1) is 23.2. The summed E-state index contributed by atoms with van der Waals surface area (Å²) in [7, 11) is -3.72. The summed E-state index contributed by atoms with van der Waals surface area (Å²) >= 11 is 0. The van der Waals surface area contributed by atoms with Crippen LogP contribution < -0.4 is 19.7 Å². The van der Waals surface area contributed by atoms with Crippen molar-refractivity contribution in [1.29, 1.82) is 0 Å². The third kappa shape index (κ3) is 6.48. The zero-order chi connectivity index (χ0) is 22.3. The van der Waals surface area contributed by atoms with Crippen molar-refractivity contribution in [3.63, 3.8) is 0 Å². The number of rotatable bonds is 9. The van der Waals surface area contributed by atoms with E-state index in [2.05, 4.69) is 10.6 Å². The number of amides is 2. The molecule has 0 spiro atoms. The Labute approximate surface area is 177 Å². The molecule has 0 saturated carbocycles. The molecule has 0 saturated heterocycles. The smallest absolute Gasteiger partial charge is 0.253 e. The fourth-order valence-electron chi connectivity index (χ4n) is 2.73. The second kappa shape index (κ2) is 10.1. The van der Waals surface area contributed by atoms with E-state index in [9.17, 15) is 18.0 Å². The maximum absolute atomic E-state index is 12.6. The van der Waals surface area contributed by atoms with Crippen LogP contribution in [0.3, 0.4) is 0 Å². The average molecular weight is 434 g/mol. The highest BCUT2D eigenvalue weighted by atomic mass is 32.2. The van der Waals surface area contributed by atoms with E-state index in [1.165, 1.54) is 0 Å². The largest absolute Gasteiger partial charge is 0.494 e. The molecule has 2 N–H and O–H groups in total. The van der Waals surface area contributed by atoms with Crippen molar-refractivity contribution < 1.29 is 22.7 Å². The van der Waals surface area contributed by atoms with Crippen LogP contribution >= 0.6 is 0 Å². The van der Waals surface area contributed by atoms with Crippen molar-refractivity contribution in [1.82, 2.24) is 5.32 Å². The number of nitrogens with one attached hydrogen (secondary N) is 2. The van der Waals surface area contributed by atoms with Gasteiger partial charge in [0.05, 0.1) is 29.8 Å². The molecule has 0 radical (unpaired) electrons. The molecule has 0 atom stereocenters. The van der Waals surface area contributed by atoms with E-state index < -0.39 is 22.5 Å². The lowest BCUT2D eigenvalue weighted by Gasteiger charge is -2.22. The lowest BCUT2D eigenvalue weighted by Crippen LogP contribution is -2.38. The number of sulfonamides is 1. The number of carbonyl (C=O) groups is 2. The normalized spacial score (nSPS) is 11.1. The standard InChI is InChI=1S/C21H27N3O5S/c1-5-29-17-12-10-16(11-13-17)24(30(4,27)28)14-20(25)23-19-9-7-6-8-18(19)21(26)22-15(2)3/h6-13,15H,5,14H2,1-4H3,(H,22,26)(H,23,25). The molecule has 0 unspecified atom stereocenters. The molecule has 2 aromatic rings. The minimum absolute atomic E-state index is 0.0679. The van der Waals surface area contributed by atoms with Crippen LogP contribution in [-0.4, -0.2) is 45.7 Å². The molecule has 2 aromatic carbocycles. The zero-order valence-corrected chi connectivity index (χ0v) is 18.3. The monoisotopic (exact) mass is 433 g/mol. The van der Waals surface area contributed by atoms with Crippen LogP contribution in [0.5, 0.6) is 5.75 Å². The molecule has 162 valence electrons. The molecular weight excluding hydrogens is 406 g/mol. The number of benzene rings is 2. The second-order valence-electron chi connectivity index (χ2n) is 6.92. The van der Waals surface area contributed by atoms with Gasteiger partial charge in [0.25, 0.3) is 5.91 Å². The molecule has 0 bridgehead atoms. The van der Waals surface area contributed by atoms with Crippen LogP contribution in [0.4, 0.5) is 11.4 Å². The predicted octanol–water partition coefficient (Wildman–Crippen LogP) is 2.63. The Kier molecular flexibility index (Phi) is 7.82. The minimum Gasteiger partial charge on any atom is -0.494 e. The van der Waals surface area contributed by atoms with E-state index in [1.807, 2.05) is 20.8 Å². The summed E-state index contributed by atoms with van der Waals surface area (Å²) < 4.78 is 30.9. The Balaban J connectivity index is 2.21. The third-order valence-electron chi connectivity index (χ3n) is 3.99. The van der Waals surface area contributed by atoms with Crippen LogP contribution in [0.1, 0.15) is 31.1 Å². The van der Waals surface area contributed by atoms with E-state index in [-0.39, 0.29) is 11.9 Å². The van der Waals surface area contributed by atoms with Gasteiger partial charge in [0.1, 0.15) is 12.3 Å². The average Bonchev–Trinajstić information content (AvgIpc) is 2.66. The van der Waals surface area contributed by atoms with Crippen LogP contribution in [0.2, 0.25) is 0 Å². The van der Waals surface area contributed by atoms with Crippen LogP contribution in [0, 0.1) is 0 Å². The number of hydrogen-bond donors (Lipinski definition) is 2. The summed E-state index contributed by atoms with van der Waals surface area (Å²) in [5, 5.41) is 5.41. The van der Waals surface area contributed by atoms with Gasteiger partial charge in [0.2, 0.25) is 15.9 Å². The number of para-hydroxylation sites is 1. The molecule has 0 fully saturated rings. The Hall–Kier alpha value is -3.07. The SMILES string of the molecule is CCOc1ccc(N(CC(=O)Nc2ccccc2C(=O)NC(C)C)S(C)(=O)=O)cc1. The van der Waals surface area contributed by atoms with Crippen molar-refractivity contribution >= 4 is 33.2 Å². The molecular formula is C21H27N3O5S. The van der Waals surface area contributed by atoms with Gasteiger partial charge in [-0.15, -0.1) is 0 Å². The van der Waals surface area contributed by atoms with E-state index in [1.54, 1.807) is 48.5 Å². The third-order valence-corrected chi connectivity index (χ3v) is 5.13. The van der Waals surface area contributed by atoms with Crippen molar-refractivity contribution in [2.75, 3.05) is 29.0 Å². The molecule has 0 aliphatic rings. The maximum Gasteiger partial charge on any atom is 0.253 e. The minimum atomic E-state index is -3.72. The first-order chi connectivity index (χ1) is 14.1. The van der Waals surface area contributed by atoms with Gasteiger partial charge in [-0.3, -0.25) is 13.9 Å². The van der Waals surface area contributed by atoms with Gasteiger partial charge in [0.15, 0.2) is 0 Å². The first-order valence-corrected chi connectivity index (χ1v) is 11.4. The van der Waals surface area contributed by atoms with Gasteiger partial charge >= 0.3 is 0 Å². The molecule has 0 heterocycles.